The number of likely N-dealkylation sites (N-methyl/N-ethyl adjacent to an activating group) is 1. The molecule has 7 nitrogen and oxygen atoms in total. The smallest absolute Gasteiger partial charge is 0.253 e. The van der Waals surface area contributed by atoms with E-state index in [4.69, 9.17) is 9.97 Å². The number of para-hydroxylation sites is 1. The monoisotopic (exact) mass is 432 g/mol. The number of fused-ring (bicyclic) bond motifs is 3. The minimum atomic E-state index is -0.0815. The molecule has 3 aromatic rings. The Hall–Kier alpha value is -2.93. The predicted octanol–water partition coefficient (Wildman–Crippen LogP) is 3.15. The van der Waals surface area contributed by atoms with Crippen LogP contribution in [0.25, 0.3) is 11.2 Å². The van der Waals surface area contributed by atoms with E-state index in [1.165, 1.54) is 12.1 Å². The zero-order chi connectivity index (χ0) is 22.1. The first-order valence-electron chi connectivity index (χ1n) is 11.8. The molecule has 5 rings (SSSR count). The van der Waals surface area contributed by atoms with E-state index < -0.39 is 0 Å². The third-order valence-electron chi connectivity index (χ3n) is 6.71. The zero-order valence-electron chi connectivity index (χ0n) is 19.1. The maximum atomic E-state index is 13.3. The van der Waals surface area contributed by atoms with Crippen LogP contribution < -0.4 is 10.2 Å². The van der Waals surface area contributed by atoms with Crippen LogP contribution in [-0.2, 0) is 19.5 Å². The van der Waals surface area contributed by atoms with E-state index in [0.717, 1.165) is 80.2 Å². The van der Waals surface area contributed by atoms with Crippen molar-refractivity contribution in [1.82, 2.24) is 24.8 Å². The molecule has 1 saturated heterocycles. The first kappa shape index (κ1) is 20.9. The van der Waals surface area contributed by atoms with Gasteiger partial charge in [0, 0.05) is 57.1 Å². The zero-order valence-corrected chi connectivity index (χ0v) is 19.1. The molecule has 0 spiro atoms. The van der Waals surface area contributed by atoms with E-state index in [2.05, 4.69) is 44.9 Å². The second-order valence-electron chi connectivity index (χ2n) is 9.08. The predicted molar refractivity (Wildman–Crippen MR) is 127 cm³/mol. The molecule has 0 aliphatic carbocycles. The molecule has 168 valence electrons. The summed E-state index contributed by atoms with van der Waals surface area (Å²) in [6, 6.07) is 10.3. The fourth-order valence-corrected chi connectivity index (χ4v) is 4.88. The summed E-state index contributed by atoms with van der Waals surface area (Å²) >= 11 is 0. The van der Waals surface area contributed by atoms with Crippen molar-refractivity contribution < 1.29 is 4.79 Å². The molecule has 2 aliphatic heterocycles. The van der Waals surface area contributed by atoms with E-state index in [9.17, 15) is 4.79 Å². The van der Waals surface area contributed by atoms with Gasteiger partial charge < -0.3 is 19.7 Å². The minimum absolute atomic E-state index is 0.0815. The number of carbonyl (C=O) groups excluding carboxylic acids is 1. The molecule has 0 saturated carbocycles. The molecule has 4 heterocycles. The molecular weight excluding hydrogens is 400 g/mol. The van der Waals surface area contributed by atoms with E-state index in [-0.39, 0.29) is 5.91 Å². The number of nitrogens with one attached hydrogen (secondary N) is 1. The van der Waals surface area contributed by atoms with Crippen LogP contribution in [0.2, 0.25) is 0 Å². The molecule has 1 amide bonds. The molecule has 1 N–H and O–H groups in total. The van der Waals surface area contributed by atoms with Gasteiger partial charge in [-0.1, -0.05) is 24.6 Å². The van der Waals surface area contributed by atoms with Crippen molar-refractivity contribution in [2.45, 2.75) is 45.7 Å². The van der Waals surface area contributed by atoms with Gasteiger partial charge in [0.15, 0.2) is 5.65 Å². The highest BCUT2D eigenvalue weighted by atomic mass is 16.1. The van der Waals surface area contributed by atoms with Gasteiger partial charge in [-0.05, 0) is 44.5 Å². The van der Waals surface area contributed by atoms with Crippen LogP contribution in [-0.4, -0.2) is 58.6 Å². The topological polar surface area (TPSA) is 66.3 Å². The second kappa shape index (κ2) is 8.90. The Kier molecular flexibility index (Phi) is 5.83. The lowest BCUT2D eigenvalue weighted by Crippen LogP contribution is -2.45. The molecule has 1 aromatic carbocycles. The summed E-state index contributed by atoms with van der Waals surface area (Å²) in [7, 11) is 2.16. The van der Waals surface area contributed by atoms with Crippen LogP contribution in [0, 0.1) is 6.92 Å². The van der Waals surface area contributed by atoms with Crippen LogP contribution >= 0.6 is 0 Å². The molecule has 0 unspecified atom stereocenters. The first-order chi connectivity index (χ1) is 15.6. The lowest BCUT2D eigenvalue weighted by atomic mass is 10.1. The van der Waals surface area contributed by atoms with Gasteiger partial charge in [-0.3, -0.25) is 4.79 Å². The number of amides is 1. The van der Waals surface area contributed by atoms with Crippen LogP contribution in [0.3, 0.4) is 0 Å². The number of hydrogen-bond acceptors (Lipinski definition) is 5. The summed E-state index contributed by atoms with van der Waals surface area (Å²) < 4.78 is 2.22. The van der Waals surface area contributed by atoms with Crippen molar-refractivity contribution in [1.29, 1.82) is 0 Å². The van der Waals surface area contributed by atoms with Gasteiger partial charge in [0.25, 0.3) is 5.91 Å². The van der Waals surface area contributed by atoms with Crippen LogP contribution in [0.4, 0.5) is 5.69 Å². The standard InChI is InChI=1S/C25H32N6O/c1-18-16-20(23-24(27-18)31-11-7-3-4-10-22(31)28-23)25(32)26-17-19-8-5-6-9-21(19)30-14-12-29(2)13-15-30/h5-6,8-9,16H,3-4,7,10-15,17H2,1-2H3,(H,26,32). The van der Waals surface area contributed by atoms with Gasteiger partial charge in [-0.15, -0.1) is 0 Å². The summed E-state index contributed by atoms with van der Waals surface area (Å²) in [6.45, 7) is 7.51. The van der Waals surface area contributed by atoms with Gasteiger partial charge in [0.2, 0.25) is 0 Å². The maximum absolute atomic E-state index is 13.3. The largest absolute Gasteiger partial charge is 0.369 e. The van der Waals surface area contributed by atoms with E-state index in [1.54, 1.807) is 0 Å². The molecule has 2 aromatic heterocycles. The van der Waals surface area contributed by atoms with Gasteiger partial charge in [-0.2, -0.15) is 0 Å². The molecule has 2 aliphatic rings. The van der Waals surface area contributed by atoms with Crippen molar-refractivity contribution in [3.05, 3.63) is 53.0 Å². The van der Waals surface area contributed by atoms with Crippen molar-refractivity contribution in [3.63, 3.8) is 0 Å². The number of pyridine rings is 1. The van der Waals surface area contributed by atoms with Crippen LogP contribution in [0.5, 0.6) is 0 Å². The number of carbonyl (C=O) groups is 1. The second-order valence-corrected chi connectivity index (χ2v) is 9.08. The fourth-order valence-electron chi connectivity index (χ4n) is 4.88. The highest BCUT2D eigenvalue weighted by Gasteiger charge is 2.22. The average molecular weight is 433 g/mol. The van der Waals surface area contributed by atoms with E-state index in [1.807, 2.05) is 19.1 Å². The van der Waals surface area contributed by atoms with Crippen LogP contribution in [0.1, 0.15) is 46.7 Å². The lowest BCUT2D eigenvalue weighted by Gasteiger charge is -2.35. The average Bonchev–Trinajstić information content (AvgIpc) is 2.98. The number of anilines is 1. The lowest BCUT2D eigenvalue weighted by molar-refractivity contribution is 0.0952. The molecule has 7 heteroatoms. The summed E-state index contributed by atoms with van der Waals surface area (Å²) in [5, 5.41) is 3.16. The van der Waals surface area contributed by atoms with E-state index >= 15 is 0 Å². The summed E-state index contributed by atoms with van der Waals surface area (Å²) in [6.07, 6.45) is 4.46. The van der Waals surface area contributed by atoms with E-state index in [0.29, 0.717) is 12.1 Å². The number of rotatable bonds is 4. The van der Waals surface area contributed by atoms with Gasteiger partial charge in [0.05, 0.1) is 5.56 Å². The maximum Gasteiger partial charge on any atom is 0.253 e. The summed E-state index contributed by atoms with van der Waals surface area (Å²) in [5.41, 5.74) is 5.43. The molecule has 1 fully saturated rings. The molecule has 0 atom stereocenters. The number of hydrogen-bond donors (Lipinski definition) is 1. The molecule has 32 heavy (non-hydrogen) atoms. The fraction of sp³-hybridized carbons (Fsp3) is 0.480. The van der Waals surface area contributed by atoms with Crippen LogP contribution in [0.15, 0.2) is 30.3 Å². The summed E-state index contributed by atoms with van der Waals surface area (Å²) in [5.74, 6) is 0.979. The van der Waals surface area contributed by atoms with Gasteiger partial charge in [-0.25, -0.2) is 9.97 Å². The highest BCUT2D eigenvalue weighted by molar-refractivity contribution is 6.04. The quantitative estimate of drug-likeness (QED) is 0.686. The molecular formula is C25H32N6O. The normalized spacial score (nSPS) is 17.2. The number of piperazine rings is 1. The molecule has 0 radical (unpaired) electrons. The Morgan fingerprint density at radius 1 is 1.03 bits per heavy atom. The van der Waals surface area contributed by atoms with Crippen molar-refractivity contribution in [2.75, 3.05) is 38.1 Å². The van der Waals surface area contributed by atoms with Crippen molar-refractivity contribution >= 4 is 22.8 Å². The highest BCUT2D eigenvalue weighted by Crippen LogP contribution is 2.25. The Morgan fingerprint density at radius 2 is 1.84 bits per heavy atom. The Balaban J connectivity index is 1.39. The number of nitrogens with zero attached hydrogens (tertiary/aromatic N) is 5. The Morgan fingerprint density at radius 3 is 2.69 bits per heavy atom. The van der Waals surface area contributed by atoms with Crippen molar-refractivity contribution in [3.8, 4) is 0 Å². The minimum Gasteiger partial charge on any atom is -0.369 e. The SMILES string of the molecule is Cc1cc(C(=O)NCc2ccccc2N2CCN(C)CC2)c2nc3n(c2n1)CCCCC3. The third-order valence-corrected chi connectivity index (χ3v) is 6.71. The first-order valence-corrected chi connectivity index (χ1v) is 11.8. The van der Waals surface area contributed by atoms with Gasteiger partial charge >= 0.3 is 0 Å². The Labute approximate surface area is 189 Å². The third kappa shape index (κ3) is 4.09. The number of aryl methyl sites for hydroxylation is 3. The summed E-state index contributed by atoms with van der Waals surface area (Å²) in [4.78, 5) is 27.7. The Bertz CT molecular complexity index is 1130. The van der Waals surface area contributed by atoms with Crippen molar-refractivity contribution in [2.24, 2.45) is 0 Å². The molecule has 0 bridgehead atoms. The number of benzene rings is 1. The van der Waals surface area contributed by atoms with Gasteiger partial charge in [0.1, 0.15) is 11.3 Å². The number of imidazole rings is 1. The number of aromatic nitrogens is 3.